The monoisotopic (exact) mass is 1000 g/mol. The van der Waals surface area contributed by atoms with Gasteiger partial charge < -0.3 is 34.0 Å². The third kappa shape index (κ3) is 13.1. The first kappa shape index (κ1) is 54.3. The van der Waals surface area contributed by atoms with Gasteiger partial charge >= 0.3 is 6.09 Å². The summed E-state index contributed by atoms with van der Waals surface area (Å²) in [6.07, 6.45) is 20.4. The normalized spacial score (nSPS) is 21.3. The molecule has 5 aromatic carbocycles. The van der Waals surface area contributed by atoms with Gasteiger partial charge in [-0.25, -0.2) is 4.79 Å². The third-order valence-corrected chi connectivity index (χ3v) is 15.6. The van der Waals surface area contributed by atoms with Gasteiger partial charge in [-0.2, -0.15) is 0 Å². The summed E-state index contributed by atoms with van der Waals surface area (Å²) in [5.74, 6) is 0.0681. The largest absolute Gasteiger partial charge is 0.459 e. The average molecular weight is 1010 g/mol. The van der Waals surface area contributed by atoms with Gasteiger partial charge in [0.05, 0.1) is 31.4 Å². The van der Waals surface area contributed by atoms with Crippen molar-refractivity contribution in [3.63, 3.8) is 0 Å². The van der Waals surface area contributed by atoms with Crippen molar-refractivity contribution in [2.24, 2.45) is 22.9 Å². The molecule has 1 amide bonds. The van der Waals surface area contributed by atoms with E-state index in [1.54, 1.807) is 13.2 Å². The molecule has 1 fully saturated rings. The Morgan fingerprint density at radius 2 is 1.45 bits per heavy atom. The molecule has 1 saturated carbocycles. The summed E-state index contributed by atoms with van der Waals surface area (Å²) in [6.45, 7) is 7.29. The number of hydrogen-bond donors (Lipinski definition) is 2. The molecular weight excluding hydrogens is 925 g/mol. The first-order valence-corrected chi connectivity index (χ1v) is 27.8. The average Bonchev–Trinajstić information content (AvgIpc) is 3.46. The number of fused-ring (bicyclic) bond motifs is 3. The minimum absolute atomic E-state index is 0.0566. The highest BCUT2D eigenvalue weighted by Gasteiger charge is 2.65. The maximum atomic E-state index is 15.3. The summed E-state index contributed by atoms with van der Waals surface area (Å²) < 4.78 is 27.9. The molecule has 2 aliphatic carbocycles. The number of rotatable bonds is 29. The van der Waals surface area contributed by atoms with Crippen LogP contribution in [0.25, 0.3) is 21.9 Å². The van der Waals surface area contributed by atoms with Crippen molar-refractivity contribution < 1.29 is 38.8 Å². The predicted molar refractivity (Wildman–Crippen MR) is 297 cm³/mol. The van der Waals surface area contributed by atoms with Crippen LogP contribution in [0, 0.1) is 17.8 Å². The molecule has 6 atom stereocenters. The molecule has 2 N–H and O–H groups in total. The van der Waals surface area contributed by atoms with Gasteiger partial charge in [-0.1, -0.05) is 180 Å². The Labute approximate surface area is 440 Å². The smallest absolute Gasteiger partial charge is 0.410 e. The lowest BCUT2D eigenvalue weighted by atomic mass is 9.55. The van der Waals surface area contributed by atoms with Crippen LogP contribution >= 0.6 is 0 Å². The number of benzene rings is 5. The first-order chi connectivity index (χ1) is 36.4. The van der Waals surface area contributed by atoms with Crippen LogP contribution in [0.1, 0.15) is 133 Å². The summed E-state index contributed by atoms with van der Waals surface area (Å²) in [5.41, 5.74) is 5.90. The van der Waals surface area contributed by atoms with Gasteiger partial charge in [-0.3, -0.25) is 4.90 Å². The standard InChI is InChI=1S/C64H80N2O8/c1-4-6-7-8-9-10-11-12-13-23-42-71-63(69)66(46-51-30-24-29-49-27-17-18-31-54(49)51)60-45-58(65-70-3)56-43-50(28-19-21-39-67)55(32-20-22-40-68)61-57-44-53(37-38-59(57)74-64(60,62(56)61)72-41-5-2)73-52-35-33-48(34-36-52)47-25-15-14-16-26-47/h5,14-18,24-27,29-31,33-38,43-44,50,55,60-62,67-68H,2,4,6-13,19-23,28,32,39-42,45-46H2,1,3H3. The number of carbonyl (C=O) groups excluding carboxylic acids is 1. The van der Waals surface area contributed by atoms with E-state index in [0.717, 1.165) is 89.3 Å². The molecule has 0 bridgehead atoms. The van der Waals surface area contributed by atoms with Crippen LogP contribution < -0.4 is 9.47 Å². The molecule has 5 aromatic rings. The number of aliphatic hydroxyl groups excluding tert-OH is 2. The highest BCUT2D eigenvalue weighted by Crippen LogP contribution is 2.62. The van der Waals surface area contributed by atoms with Gasteiger partial charge in [0.25, 0.3) is 0 Å². The number of oxime groups is 1. The molecule has 0 aromatic heterocycles. The SMILES string of the molecule is C=CCOC12Oc3ccc(Oc4ccc(-c5ccccc5)cc4)cc3C3C(CCCCO)C(CCCCO)C=C(C(=NOC)CC1N(Cc1cccc4ccccc14)C(=O)OCCCCCCCCCCCC)C32. The van der Waals surface area contributed by atoms with Crippen LogP contribution in [0.2, 0.25) is 0 Å². The second-order valence-corrected chi connectivity index (χ2v) is 20.5. The number of carbonyl (C=O) groups is 1. The van der Waals surface area contributed by atoms with Crippen molar-refractivity contribution in [2.45, 2.75) is 140 Å². The van der Waals surface area contributed by atoms with Gasteiger partial charge in [0.2, 0.25) is 5.79 Å². The fraction of sp³-hybridized carbons (Fsp3) is 0.469. The maximum absolute atomic E-state index is 15.3. The molecule has 6 unspecified atom stereocenters. The van der Waals surface area contributed by atoms with E-state index in [4.69, 9.17) is 28.9 Å². The maximum Gasteiger partial charge on any atom is 0.410 e. The molecule has 394 valence electrons. The van der Waals surface area contributed by atoms with E-state index in [-0.39, 0.29) is 50.5 Å². The van der Waals surface area contributed by atoms with Crippen LogP contribution in [0.15, 0.2) is 145 Å². The van der Waals surface area contributed by atoms with Crippen molar-refractivity contribution >= 4 is 22.6 Å². The zero-order valence-electron chi connectivity index (χ0n) is 44.0. The summed E-state index contributed by atoms with van der Waals surface area (Å²) in [7, 11) is 1.58. The molecule has 0 spiro atoms. The molecular formula is C64H80N2O8. The van der Waals surface area contributed by atoms with Gasteiger partial charge in [-0.15, -0.1) is 6.58 Å². The quantitative estimate of drug-likeness (QED) is 0.0276. The Morgan fingerprint density at radius 3 is 2.18 bits per heavy atom. The van der Waals surface area contributed by atoms with E-state index in [9.17, 15) is 10.2 Å². The van der Waals surface area contributed by atoms with Crippen LogP contribution in [0.5, 0.6) is 17.2 Å². The van der Waals surface area contributed by atoms with E-state index < -0.39 is 23.8 Å². The van der Waals surface area contributed by atoms with Gasteiger partial charge in [0, 0.05) is 31.1 Å². The highest BCUT2D eigenvalue weighted by molar-refractivity contribution is 6.03. The van der Waals surface area contributed by atoms with Crippen molar-refractivity contribution in [3.8, 4) is 28.4 Å². The topological polar surface area (TPSA) is 119 Å². The predicted octanol–water partition coefficient (Wildman–Crippen LogP) is 15.1. The lowest BCUT2D eigenvalue weighted by Crippen LogP contribution is -2.70. The second-order valence-electron chi connectivity index (χ2n) is 20.5. The van der Waals surface area contributed by atoms with E-state index >= 15 is 4.79 Å². The number of aliphatic hydroxyl groups is 2. The van der Waals surface area contributed by atoms with Crippen LogP contribution in [-0.4, -0.2) is 72.3 Å². The number of allylic oxidation sites excluding steroid dienone is 1. The van der Waals surface area contributed by atoms with Crippen molar-refractivity contribution in [2.75, 3.05) is 33.5 Å². The van der Waals surface area contributed by atoms with Crippen molar-refractivity contribution in [3.05, 3.63) is 151 Å². The molecule has 3 aliphatic rings. The van der Waals surface area contributed by atoms with Gasteiger partial charge in [0.15, 0.2) is 0 Å². The van der Waals surface area contributed by atoms with Crippen LogP contribution in [0.4, 0.5) is 4.79 Å². The van der Waals surface area contributed by atoms with E-state index in [0.29, 0.717) is 36.7 Å². The van der Waals surface area contributed by atoms with Crippen molar-refractivity contribution in [1.29, 1.82) is 0 Å². The van der Waals surface area contributed by atoms with Gasteiger partial charge in [0.1, 0.15) is 30.4 Å². The Kier molecular flexibility index (Phi) is 20.2. The molecule has 0 saturated heterocycles. The number of nitrogens with zero attached hydrogens (tertiary/aromatic N) is 2. The fourth-order valence-electron chi connectivity index (χ4n) is 12.1. The Morgan fingerprint density at radius 1 is 0.770 bits per heavy atom. The minimum atomic E-state index is -1.44. The van der Waals surface area contributed by atoms with E-state index in [1.165, 1.54) is 44.9 Å². The van der Waals surface area contributed by atoms with Gasteiger partial charge in [-0.05, 0) is 107 Å². The molecule has 10 nitrogen and oxygen atoms in total. The van der Waals surface area contributed by atoms with E-state index in [1.807, 2.05) is 65.6 Å². The Bertz CT molecular complexity index is 2610. The Balaban J connectivity index is 1.21. The zero-order chi connectivity index (χ0) is 51.5. The zero-order valence-corrected chi connectivity index (χ0v) is 44.0. The molecule has 8 rings (SSSR count). The molecule has 1 heterocycles. The van der Waals surface area contributed by atoms with Crippen LogP contribution in [0.3, 0.4) is 0 Å². The molecule has 0 radical (unpaired) electrons. The second kappa shape index (κ2) is 27.6. The van der Waals surface area contributed by atoms with E-state index in [2.05, 4.69) is 74.2 Å². The highest BCUT2D eigenvalue weighted by atomic mass is 16.7. The Hall–Kier alpha value is -5.94. The fourth-order valence-corrected chi connectivity index (χ4v) is 12.1. The summed E-state index contributed by atoms with van der Waals surface area (Å²) in [5, 5.41) is 27.1. The number of hydrogen-bond acceptors (Lipinski definition) is 9. The first-order valence-electron chi connectivity index (χ1n) is 27.8. The molecule has 74 heavy (non-hydrogen) atoms. The molecule has 10 heteroatoms. The summed E-state index contributed by atoms with van der Waals surface area (Å²) in [4.78, 5) is 22.9. The minimum Gasteiger partial charge on any atom is -0.459 e. The number of unbranched alkanes of at least 4 members (excludes halogenated alkanes) is 11. The summed E-state index contributed by atoms with van der Waals surface area (Å²) in [6, 6.07) is 38.3. The summed E-state index contributed by atoms with van der Waals surface area (Å²) >= 11 is 0. The molecule has 1 aliphatic heterocycles. The van der Waals surface area contributed by atoms with Crippen molar-refractivity contribution in [1.82, 2.24) is 4.90 Å². The van der Waals surface area contributed by atoms with Crippen LogP contribution in [-0.2, 0) is 20.9 Å². The third-order valence-electron chi connectivity index (χ3n) is 15.6. The lowest BCUT2D eigenvalue weighted by molar-refractivity contribution is -0.256. The number of ether oxygens (including phenoxy) is 4. The number of amides is 1. The lowest BCUT2D eigenvalue weighted by Gasteiger charge is -2.59.